The summed E-state index contributed by atoms with van der Waals surface area (Å²) in [5.74, 6) is -0.134. The average Bonchev–Trinajstić information content (AvgIpc) is 3.58. The van der Waals surface area contributed by atoms with E-state index in [9.17, 15) is 9.59 Å². The Balaban J connectivity index is 1.44. The number of nitrogens with zero attached hydrogens (tertiary/aromatic N) is 1. The van der Waals surface area contributed by atoms with Crippen molar-refractivity contribution in [1.82, 2.24) is 4.90 Å². The predicted molar refractivity (Wildman–Crippen MR) is 132 cm³/mol. The van der Waals surface area contributed by atoms with Gasteiger partial charge in [-0.2, -0.15) is 0 Å². The second kappa shape index (κ2) is 9.29. The van der Waals surface area contributed by atoms with Crippen LogP contribution >= 0.6 is 22.9 Å². The lowest BCUT2D eigenvalue weighted by Gasteiger charge is -2.27. The van der Waals surface area contributed by atoms with Crippen molar-refractivity contribution >= 4 is 39.8 Å². The number of morpholine rings is 1. The largest absolute Gasteiger partial charge is 0.378 e. The number of ether oxygens (including phenoxy) is 1. The number of nitrogens with one attached hydrogen (secondary N) is 1. The van der Waals surface area contributed by atoms with Crippen LogP contribution in [0.5, 0.6) is 0 Å². The second-order valence-corrected chi connectivity index (χ2v) is 9.92. The molecule has 2 fully saturated rings. The van der Waals surface area contributed by atoms with Crippen molar-refractivity contribution in [2.24, 2.45) is 5.92 Å². The van der Waals surface area contributed by atoms with Gasteiger partial charge in [-0.1, -0.05) is 60.1 Å². The zero-order valence-corrected chi connectivity index (χ0v) is 19.9. The molecule has 170 valence electrons. The molecule has 1 aliphatic heterocycles. The molecule has 5 rings (SSSR count). The summed E-state index contributed by atoms with van der Waals surface area (Å²) in [6.07, 6.45) is 0.762. The van der Waals surface area contributed by atoms with Crippen LogP contribution in [0.2, 0.25) is 5.02 Å². The Morgan fingerprint density at radius 3 is 2.48 bits per heavy atom. The summed E-state index contributed by atoms with van der Waals surface area (Å²) in [6, 6.07) is 17.7. The Kier molecular flexibility index (Phi) is 6.23. The monoisotopic (exact) mass is 480 g/mol. The molecule has 1 aromatic heterocycles. The Bertz CT molecular complexity index is 1190. The maximum Gasteiger partial charge on any atom is 0.257 e. The first-order valence-corrected chi connectivity index (χ1v) is 12.3. The standard InChI is InChI=1S/C26H25ClN2O3S/c1-16-22(26(31)29-11-13-32-14-12-29)25(33-23(16)17-7-3-2-4-8-17)28-24(30)20-15-19(20)18-9-5-6-10-21(18)27/h2-10,19-20H,11-15H2,1H3,(H,28,30). The molecular weight excluding hydrogens is 456 g/mol. The molecule has 2 atom stereocenters. The summed E-state index contributed by atoms with van der Waals surface area (Å²) in [6.45, 7) is 4.14. The van der Waals surface area contributed by atoms with Crippen LogP contribution in [0.3, 0.4) is 0 Å². The number of carbonyl (C=O) groups is 2. The first-order valence-electron chi connectivity index (χ1n) is 11.2. The van der Waals surface area contributed by atoms with Crippen LogP contribution in [0, 0.1) is 12.8 Å². The lowest BCUT2D eigenvalue weighted by atomic mass is 10.1. The number of hydrogen-bond donors (Lipinski definition) is 1. The highest BCUT2D eigenvalue weighted by Gasteiger charge is 2.45. The fourth-order valence-corrected chi connectivity index (χ4v) is 5.94. The van der Waals surface area contributed by atoms with Gasteiger partial charge in [0.2, 0.25) is 5.91 Å². The van der Waals surface area contributed by atoms with Gasteiger partial charge < -0.3 is 15.0 Å². The summed E-state index contributed by atoms with van der Waals surface area (Å²) in [5, 5.41) is 4.42. The zero-order valence-electron chi connectivity index (χ0n) is 18.3. The lowest BCUT2D eigenvalue weighted by Crippen LogP contribution is -2.41. The molecule has 2 heterocycles. The number of amides is 2. The Hall–Kier alpha value is -2.67. The third-order valence-electron chi connectivity index (χ3n) is 6.36. The van der Waals surface area contributed by atoms with Gasteiger partial charge >= 0.3 is 0 Å². The second-order valence-electron chi connectivity index (χ2n) is 8.49. The molecule has 1 saturated heterocycles. The van der Waals surface area contributed by atoms with Crippen LogP contribution in [0.1, 0.15) is 33.8 Å². The van der Waals surface area contributed by atoms with Gasteiger partial charge in [0, 0.05) is 28.9 Å². The molecule has 2 aliphatic rings. The summed E-state index contributed by atoms with van der Waals surface area (Å²) < 4.78 is 5.42. The molecular formula is C26H25ClN2O3S. The summed E-state index contributed by atoms with van der Waals surface area (Å²) in [5.41, 5.74) is 3.54. The minimum atomic E-state index is -0.140. The van der Waals surface area contributed by atoms with Crippen molar-refractivity contribution in [1.29, 1.82) is 0 Å². The Labute approximate surface area is 202 Å². The molecule has 1 aliphatic carbocycles. The summed E-state index contributed by atoms with van der Waals surface area (Å²) >= 11 is 7.81. The maximum absolute atomic E-state index is 13.5. The number of halogens is 1. The van der Waals surface area contributed by atoms with Crippen LogP contribution in [-0.2, 0) is 9.53 Å². The highest BCUT2D eigenvalue weighted by Crippen LogP contribution is 2.50. The normalized spacial score (nSPS) is 19.9. The van der Waals surface area contributed by atoms with Gasteiger partial charge in [0.1, 0.15) is 5.00 Å². The van der Waals surface area contributed by atoms with Gasteiger partial charge in [0.15, 0.2) is 0 Å². The van der Waals surface area contributed by atoms with Crippen molar-refractivity contribution in [3.63, 3.8) is 0 Å². The van der Waals surface area contributed by atoms with E-state index in [2.05, 4.69) is 5.32 Å². The van der Waals surface area contributed by atoms with Gasteiger partial charge in [-0.05, 0) is 42.0 Å². The molecule has 0 bridgehead atoms. The molecule has 2 unspecified atom stereocenters. The fraction of sp³-hybridized carbons (Fsp3) is 0.308. The lowest BCUT2D eigenvalue weighted by molar-refractivity contribution is -0.117. The molecule has 33 heavy (non-hydrogen) atoms. The molecule has 1 saturated carbocycles. The van der Waals surface area contributed by atoms with Crippen molar-refractivity contribution in [3.05, 3.63) is 76.3 Å². The number of rotatable bonds is 5. The highest BCUT2D eigenvalue weighted by atomic mass is 35.5. The molecule has 7 heteroatoms. The summed E-state index contributed by atoms with van der Waals surface area (Å²) in [4.78, 5) is 29.5. The van der Waals surface area contributed by atoms with E-state index in [1.54, 1.807) is 0 Å². The minimum absolute atomic E-state index is 0.0528. The third-order valence-corrected chi connectivity index (χ3v) is 7.96. The number of hydrogen-bond acceptors (Lipinski definition) is 4. The van der Waals surface area contributed by atoms with E-state index in [1.807, 2.05) is 66.4 Å². The predicted octanol–water partition coefficient (Wildman–Crippen LogP) is 5.59. The molecule has 2 amide bonds. The van der Waals surface area contributed by atoms with E-state index in [1.165, 1.54) is 11.3 Å². The van der Waals surface area contributed by atoms with Crippen LogP contribution < -0.4 is 5.32 Å². The fourth-order valence-electron chi connectivity index (χ4n) is 4.46. The first-order chi connectivity index (χ1) is 16.0. The van der Waals surface area contributed by atoms with E-state index in [4.69, 9.17) is 16.3 Å². The molecule has 1 N–H and O–H groups in total. The van der Waals surface area contributed by atoms with E-state index >= 15 is 0 Å². The van der Waals surface area contributed by atoms with E-state index in [0.717, 1.165) is 28.0 Å². The van der Waals surface area contributed by atoms with Crippen LogP contribution in [0.15, 0.2) is 54.6 Å². The van der Waals surface area contributed by atoms with E-state index in [0.29, 0.717) is 41.9 Å². The van der Waals surface area contributed by atoms with Gasteiger partial charge in [-0.15, -0.1) is 11.3 Å². The molecule has 0 spiro atoms. The van der Waals surface area contributed by atoms with E-state index < -0.39 is 0 Å². The van der Waals surface area contributed by atoms with Crippen molar-refractivity contribution in [2.45, 2.75) is 19.3 Å². The van der Waals surface area contributed by atoms with Crippen LogP contribution in [-0.4, -0.2) is 43.0 Å². The molecule has 5 nitrogen and oxygen atoms in total. The zero-order chi connectivity index (χ0) is 22.9. The quantitative estimate of drug-likeness (QED) is 0.517. The Morgan fingerprint density at radius 2 is 1.76 bits per heavy atom. The number of thiophene rings is 1. The van der Waals surface area contributed by atoms with Crippen LogP contribution in [0.25, 0.3) is 10.4 Å². The van der Waals surface area contributed by atoms with Crippen LogP contribution in [0.4, 0.5) is 5.00 Å². The molecule has 2 aromatic carbocycles. The first kappa shape index (κ1) is 22.1. The van der Waals surface area contributed by atoms with Gasteiger partial charge in [0.25, 0.3) is 5.91 Å². The smallest absolute Gasteiger partial charge is 0.257 e. The Morgan fingerprint density at radius 1 is 1.06 bits per heavy atom. The minimum Gasteiger partial charge on any atom is -0.378 e. The van der Waals surface area contributed by atoms with Crippen molar-refractivity contribution in [3.8, 4) is 10.4 Å². The van der Waals surface area contributed by atoms with Gasteiger partial charge in [-0.25, -0.2) is 0 Å². The third kappa shape index (κ3) is 4.43. The van der Waals surface area contributed by atoms with Gasteiger partial charge in [-0.3, -0.25) is 9.59 Å². The number of carbonyl (C=O) groups excluding carboxylic acids is 2. The number of anilines is 1. The molecule has 0 radical (unpaired) electrons. The number of benzene rings is 2. The molecule has 3 aromatic rings. The topological polar surface area (TPSA) is 58.6 Å². The summed E-state index contributed by atoms with van der Waals surface area (Å²) in [7, 11) is 0. The van der Waals surface area contributed by atoms with Crippen molar-refractivity contribution < 1.29 is 14.3 Å². The SMILES string of the molecule is Cc1c(-c2ccccc2)sc(NC(=O)C2CC2c2ccccc2Cl)c1C(=O)N1CCOCC1. The maximum atomic E-state index is 13.5. The average molecular weight is 481 g/mol. The van der Waals surface area contributed by atoms with E-state index in [-0.39, 0.29) is 23.7 Å². The highest BCUT2D eigenvalue weighted by molar-refractivity contribution is 7.20. The van der Waals surface area contributed by atoms with Crippen molar-refractivity contribution in [2.75, 3.05) is 31.6 Å². The van der Waals surface area contributed by atoms with Gasteiger partial charge in [0.05, 0.1) is 18.8 Å².